The van der Waals surface area contributed by atoms with E-state index in [0.717, 1.165) is 18.4 Å². The summed E-state index contributed by atoms with van der Waals surface area (Å²) < 4.78 is 5.14. The fraction of sp³-hybridized carbons (Fsp3) is 0.333. The molecular formula is C12H13Cl2N3O. The van der Waals surface area contributed by atoms with Crippen LogP contribution in [0.25, 0.3) is 11.4 Å². The van der Waals surface area contributed by atoms with Gasteiger partial charge in [-0.1, -0.05) is 41.7 Å². The molecule has 1 heterocycles. The third-order valence-corrected chi connectivity index (χ3v) is 3.28. The van der Waals surface area contributed by atoms with Crippen LogP contribution in [0, 0.1) is 0 Å². The highest BCUT2D eigenvalue weighted by Crippen LogP contribution is 2.27. The average molecular weight is 286 g/mol. The standard InChI is InChI=1S/C12H13Cl2N3O/c1-2-3-10(15)12-16-11(17-18-12)7-4-5-8(13)9(14)6-7/h4-6,10H,2-3,15H2,1H3/t10-/m1/s1. The van der Waals surface area contributed by atoms with Crippen LogP contribution in [0.1, 0.15) is 31.7 Å². The molecule has 0 radical (unpaired) electrons. The molecule has 0 aliphatic heterocycles. The van der Waals surface area contributed by atoms with Crippen LogP contribution in [0.4, 0.5) is 0 Å². The molecule has 1 aromatic heterocycles. The first-order chi connectivity index (χ1) is 8.61. The molecule has 6 heteroatoms. The van der Waals surface area contributed by atoms with E-state index >= 15 is 0 Å². The first kappa shape index (κ1) is 13.3. The van der Waals surface area contributed by atoms with Crippen LogP contribution in [0.5, 0.6) is 0 Å². The molecule has 2 N–H and O–H groups in total. The van der Waals surface area contributed by atoms with Crippen LogP contribution in [-0.2, 0) is 0 Å². The summed E-state index contributed by atoms with van der Waals surface area (Å²) in [6.45, 7) is 2.05. The molecule has 1 atom stereocenters. The van der Waals surface area contributed by atoms with Crippen LogP contribution in [0.3, 0.4) is 0 Å². The topological polar surface area (TPSA) is 64.9 Å². The van der Waals surface area contributed by atoms with Crippen LogP contribution in [-0.4, -0.2) is 10.1 Å². The fourth-order valence-electron chi connectivity index (χ4n) is 1.57. The van der Waals surface area contributed by atoms with Gasteiger partial charge in [-0.05, 0) is 24.6 Å². The molecule has 4 nitrogen and oxygen atoms in total. The van der Waals surface area contributed by atoms with Crippen molar-refractivity contribution < 1.29 is 4.52 Å². The molecule has 0 amide bonds. The van der Waals surface area contributed by atoms with Crippen molar-refractivity contribution in [2.75, 3.05) is 0 Å². The van der Waals surface area contributed by atoms with Crippen molar-refractivity contribution >= 4 is 23.2 Å². The van der Waals surface area contributed by atoms with Crippen molar-refractivity contribution in [3.05, 3.63) is 34.1 Å². The highest BCUT2D eigenvalue weighted by Gasteiger charge is 2.15. The molecule has 0 aliphatic rings. The van der Waals surface area contributed by atoms with E-state index in [9.17, 15) is 0 Å². The van der Waals surface area contributed by atoms with Gasteiger partial charge in [0.2, 0.25) is 11.7 Å². The van der Waals surface area contributed by atoms with E-state index in [4.69, 9.17) is 33.5 Å². The number of hydrogen-bond acceptors (Lipinski definition) is 4. The van der Waals surface area contributed by atoms with Crippen molar-refractivity contribution in [2.45, 2.75) is 25.8 Å². The number of benzene rings is 1. The highest BCUT2D eigenvalue weighted by atomic mass is 35.5. The highest BCUT2D eigenvalue weighted by molar-refractivity contribution is 6.42. The van der Waals surface area contributed by atoms with Gasteiger partial charge in [-0.25, -0.2) is 0 Å². The Morgan fingerprint density at radius 2 is 2.11 bits per heavy atom. The van der Waals surface area contributed by atoms with Crippen LogP contribution in [0.15, 0.2) is 22.7 Å². The van der Waals surface area contributed by atoms with Gasteiger partial charge in [-0.2, -0.15) is 4.98 Å². The zero-order valence-corrected chi connectivity index (χ0v) is 11.4. The van der Waals surface area contributed by atoms with Crippen molar-refractivity contribution in [2.24, 2.45) is 5.73 Å². The normalized spacial score (nSPS) is 12.7. The number of halogens is 2. The Morgan fingerprint density at radius 3 is 2.78 bits per heavy atom. The lowest BCUT2D eigenvalue weighted by Crippen LogP contribution is -2.09. The Bertz CT molecular complexity index is 542. The smallest absolute Gasteiger partial charge is 0.243 e. The van der Waals surface area contributed by atoms with E-state index in [-0.39, 0.29) is 6.04 Å². The van der Waals surface area contributed by atoms with Gasteiger partial charge >= 0.3 is 0 Å². The predicted octanol–water partition coefficient (Wildman–Crippen LogP) is 3.84. The number of nitrogens with two attached hydrogens (primary N) is 1. The van der Waals surface area contributed by atoms with E-state index in [0.29, 0.717) is 21.8 Å². The molecule has 2 rings (SSSR count). The molecule has 0 bridgehead atoms. The summed E-state index contributed by atoms with van der Waals surface area (Å²) in [5.41, 5.74) is 6.66. The maximum Gasteiger partial charge on any atom is 0.243 e. The van der Waals surface area contributed by atoms with Crippen LogP contribution < -0.4 is 5.73 Å². The van der Waals surface area contributed by atoms with Crippen molar-refractivity contribution in [3.63, 3.8) is 0 Å². The summed E-state index contributed by atoms with van der Waals surface area (Å²) in [7, 11) is 0. The van der Waals surface area contributed by atoms with Gasteiger partial charge in [-0.3, -0.25) is 0 Å². The van der Waals surface area contributed by atoms with Crippen LogP contribution in [0.2, 0.25) is 10.0 Å². The Hall–Kier alpha value is -1.10. The fourth-order valence-corrected chi connectivity index (χ4v) is 1.87. The summed E-state index contributed by atoms with van der Waals surface area (Å²) in [5, 5.41) is 4.84. The SMILES string of the molecule is CCC[C@@H](N)c1nc(-c2ccc(Cl)c(Cl)c2)no1. The number of rotatable bonds is 4. The van der Waals surface area contributed by atoms with E-state index in [1.165, 1.54) is 0 Å². The van der Waals surface area contributed by atoms with Gasteiger partial charge in [-0.15, -0.1) is 0 Å². The molecular weight excluding hydrogens is 273 g/mol. The minimum Gasteiger partial charge on any atom is -0.337 e. The molecule has 0 fully saturated rings. The third-order valence-electron chi connectivity index (χ3n) is 2.54. The van der Waals surface area contributed by atoms with Gasteiger partial charge in [0, 0.05) is 5.56 Å². The lowest BCUT2D eigenvalue weighted by atomic mass is 10.2. The van der Waals surface area contributed by atoms with E-state index in [2.05, 4.69) is 17.1 Å². The molecule has 96 valence electrons. The number of hydrogen-bond donors (Lipinski definition) is 1. The van der Waals surface area contributed by atoms with E-state index in [1.54, 1.807) is 18.2 Å². The van der Waals surface area contributed by atoms with Crippen LogP contribution >= 0.6 is 23.2 Å². The Morgan fingerprint density at radius 1 is 1.33 bits per heavy atom. The van der Waals surface area contributed by atoms with Gasteiger partial charge < -0.3 is 10.3 Å². The number of aromatic nitrogens is 2. The second-order valence-corrected chi connectivity index (χ2v) is 4.79. The molecule has 0 saturated carbocycles. The Balaban J connectivity index is 2.26. The Kier molecular flexibility index (Phi) is 4.22. The van der Waals surface area contributed by atoms with E-state index in [1.807, 2.05) is 0 Å². The summed E-state index contributed by atoms with van der Waals surface area (Å²) in [5.74, 6) is 0.910. The predicted molar refractivity (Wildman–Crippen MR) is 71.6 cm³/mol. The molecule has 0 saturated heterocycles. The van der Waals surface area contributed by atoms with Crippen molar-refractivity contribution in [1.29, 1.82) is 0 Å². The molecule has 2 aromatic rings. The summed E-state index contributed by atoms with van der Waals surface area (Å²) in [6.07, 6.45) is 1.77. The lowest BCUT2D eigenvalue weighted by Gasteiger charge is -2.02. The first-order valence-electron chi connectivity index (χ1n) is 5.66. The van der Waals surface area contributed by atoms with Crippen molar-refractivity contribution in [1.82, 2.24) is 10.1 Å². The molecule has 1 aromatic carbocycles. The third kappa shape index (κ3) is 2.83. The minimum atomic E-state index is -0.223. The first-order valence-corrected chi connectivity index (χ1v) is 6.42. The quantitative estimate of drug-likeness (QED) is 0.927. The molecule has 18 heavy (non-hydrogen) atoms. The Labute approximate surface area is 115 Å². The van der Waals surface area contributed by atoms with Crippen molar-refractivity contribution in [3.8, 4) is 11.4 Å². The second kappa shape index (κ2) is 5.69. The minimum absolute atomic E-state index is 0.223. The average Bonchev–Trinajstić information content (AvgIpc) is 2.82. The van der Waals surface area contributed by atoms with Gasteiger partial charge in [0.15, 0.2) is 0 Å². The molecule has 0 unspecified atom stereocenters. The summed E-state index contributed by atoms with van der Waals surface area (Å²) >= 11 is 11.8. The number of nitrogens with zero attached hydrogens (tertiary/aromatic N) is 2. The second-order valence-electron chi connectivity index (χ2n) is 3.98. The lowest BCUT2D eigenvalue weighted by molar-refractivity contribution is 0.348. The molecule has 0 aliphatic carbocycles. The van der Waals surface area contributed by atoms with Gasteiger partial charge in [0.25, 0.3) is 0 Å². The zero-order chi connectivity index (χ0) is 13.1. The molecule has 0 spiro atoms. The summed E-state index contributed by atoms with van der Waals surface area (Å²) in [4.78, 5) is 4.27. The summed E-state index contributed by atoms with van der Waals surface area (Å²) in [6, 6.07) is 4.96. The maximum absolute atomic E-state index is 5.94. The monoisotopic (exact) mass is 285 g/mol. The maximum atomic E-state index is 5.94. The largest absolute Gasteiger partial charge is 0.337 e. The van der Waals surface area contributed by atoms with Gasteiger partial charge in [0.1, 0.15) is 0 Å². The van der Waals surface area contributed by atoms with Gasteiger partial charge in [0.05, 0.1) is 16.1 Å². The zero-order valence-electron chi connectivity index (χ0n) is 9.86. The van der Waals surface area contributed by atoms with E-state index < -0.39 is 0 Å².